The molecule has 1 heterocycles. The summed E-state index contributed by atoms with van der Waals surface area (Å²) in [5, 5.41) is 2.99. The molecule has 3 nitrogen and oxygen atoms in total. The van der Waals surface area contributed by atoms with E-state index in [1.54, 1.807) is 36.7 Å². The van der Waals surface area contributed by atoms with Crippen molar-refractivity contribution in [1.29, 1.82) is 0 Å². The van der Waals surface area contributed by atoms with Gasteiger partial charge in [-0.1, -0.05) is 12.1 Å². The second-order valence-corrected chi connectivity index (χ2v) is 3.46. The molecule has 0 unspecified atom stereocenters. The zero-order chi connectivity index (χ0) is 11.4. The minimum atomic E-state index is -0.264. The third-order valence-electron chi connectivity index (χ3n) is 2.17. The molecule has 0 spiro atoms. The average molecular weight is 217 g/mol. The first kappa shape index (κ1) is 10.4. The van der Waals surface area contributed by atoms with E-state index in [4.69, 9.17) is 5.73 Å². The average Bonchev–Trinajstić information content (AvgIpc) is 2.28. The fraction of sp³-hybridized carbons (Fsp3) is 0.0833. The molecule has 0 radical (unpaired) electrons. The second kappa shape index (κ2) is 4.61. The number of hydrogen-bond acceptors (Lipinski definition) is 3. The third-order valence-corrected chi connectivity index (χ3v) is 2.17. The molecule has 0 atom stereocenters. The van der Waals surface area contributed by atoms with Crippen molar-refractivity contribution in [3.05, 3.63) is 54.1 Å². The highest BCUT2D eigenvalue weighted by Crippen LogP contribution is 2.14. The molecule has 0 fully saturated rings. The molecule has 2 aromatic rings. The van der Waals surface area contributed by atoms with E-state index >= 15 is 0 Å². The Morgan fingerprint density at radius 2 is 2.06 bits per heavy atom. The van der Waals surface area contributed by atoms with Gasteiger partial charge in [-0.3, -0.25) is 4.98 Å². The molecule has 0 saturated heterocycles. The minimum absolute atomic E-state index is 0.264. The number of anilines is 2. The van der Waals surface area contributed by atoms with Gasteiger partial charge in [0.1, 0.15) is 5.82 Å². The smallest absolute Gasteiger partial charge is 0.146 e. The van der Waals surface area contributed by atoms with Crippen molar-refractivity contribution in [2.24, 2.45) is 0 Å². The molecule has 16 heavy (non-hydrogen) atoms. The lowest BCUT2D eigenvalue weighted by Crippen LogP contribution is -2.02. The normalized spacial score (nSPS) is 10.1. The molecule has 0 aliphatic carbocycles. The van der Waals surface area contributed by atoms with Crippen LogP contribution in [-0.2, 0) is 6.54 Å². The summed E-state index contributed by atoms with van der Waals surface area (Å²) in [6.45, 7) is 0.499. The number of hydrogen-bond donors (Lipinski definition) is 2. The Morgan fingerprint density at radius 3 is 2.81 bits per heavy atom. The van der Waals surface area contributed by atoms with Crippen LogP contribution in [0.2, 0.25) is 0 Å². The zero-order valence-electron chi connectivity index (χ0n) is 8.65. The van der Waals surface area contributed by atoms with Crippen LogP contribution in [0.25, 0.3) is 0 Å². The van der Waals surface area contributed by atoms with E-state index < -0.39 is 0 Å². The summed E-state index contributed by atoms with van der Waals surface area (Å²) in [4.78, 5) is 3.96. The van der Waals surface area contributed by atoms with Crippen LogP contribution in [0.5, 0.6) is 0 Å². The van der Waals surface area contributed by atoms with E-state index in [1.165, 1.54) is 6.07 Å². The molecular formula is C12H12FN3. The highest BCUT2D eigenvalue weighted by atomic mass is 19.1. The van der Waals surface area contributed by atoms with Crippen LogP contribution >= 0.6 is 0 Å². The molecule has 3 N–H and O–H groups in total. The van der Waals surface area contributed by atoms with Crippen LogP contribution in [0.4, 0.5) is 15.8 Å². The lowest BCUT2D eigenvalue weighted by molar-refractivity contribution is 0.630. The Labute approximate surface area is 93.1 Å². The van der Waals surface area contributed by atoms with Gasteiger partial charge in [0.25, 0.3) is 0 Å². The Hall–Kier alpha value is -2.10. The summed E-state index contributed by atoms with van der Waals surface area (Å²) in [6, 6.07) is 8.35. The van der Waals surface area contributed by atoms with E-state index in [2.05, 4.69) is 10.3 Å². The van der Waals surface area contributed by atoms with Crippen molar-refractivity contribution in [2.75, 3.05) is 11.1 Å². The molecule has 0 saturated carbocycles. The first-order valence-electron chi connectivity index (χ1n) is 4.93. The van der Waals surface area contributed by atoms with Gasteiger partial charge in [-0.25, -0.2) is 4.39 Å². The number of nitrogens with one attached hydrogen (secondary N) is 1. The first-order chi connectivity index (χ1) is 7.75. The summed E-state index contributed by atoms with van der Waals surface area (Å²) in [5.74, 6) is -0.264. The maximum absolute atomic E-state index is 13.3. The maximum atomic E-state index is 13.3. The fourth-order valence-corrected chi connectivity index (χ4v) is 1.41. The molecule has 1 aromatic heterocycles. The number of benzene rings is 1. The second-order valence-electron chi connectivity index (χ2n) is 3.46. The van der Waals surface area contributed by atoms with E-state index in [-0.39, 0.29) is 5.82 Å². The van der Waals surface area contributed by atoms with Crippen molar-refractivity contribution < 1.29 is 4.39 Å². The van der Waals surface area contributed by atoms with E-state index in [0.29, 0.717) is 17.9 Å². The predicted molar refractivity (Wildman–Crippen MR) is 62.4 cm³/mol. The number of para-hydroxylation sites is 1. The highest BCUT2D eigenvalue weighted by molar-refractivity contribution is 5.45. The monoisotopic (exact) mass is 217 g/mol. The van der Waals surface area contributed by atoms with Crippen LogP contribution in [0, 0.1) is 5.82 Å². The zero-order valence-corrected chi connectivity index (χ0v) is 8.65. The van der Waals surface area contributed by atoms with Gasteiger partial charge in [-0.2, -0.15) is 0 Å². The topological polar surface area (TPSA) is 50.9 Å². The molecular weight excluding hydrogens is 205 g/mol. The van der Waals surface area contributed by atoms with Gasteiger partial charge in [0.2, 0.25) is 0 Å². The van der Waals surface area contributed by atoms with Crippen molar-refractivity contribution in [1.82, 2.24) is 4.98 Å². The molecule has 0 bridgehead atoms. The quantitative estimate of drug-likeness (QED) is 0.830. The first-order valence-corrected chi connectivity index (χ1v) is 4.93. The summed E-state index contributed by atoms with van der Waals surface area (Å²) in [6.07, 6.45) is 3.27. The van der Waals surface area contributed by atoms with Crippen LogP contribution in [0.15, 0.2) is 42.7 Å². The molecule has 0 aliphatic rings. The largest absolute Gasteiger partial charge is 0.397 e. The highest BCUT2D eigenvalue weighted by Gasteiger charge is 2.00. The number of nitrogens with zero attached hydrogens (tertiary/aromatic N) is 1. The van der Waals surface area contributed by atoms with Gasteiger partial charge in [-0.15, -0.1) is 0 Å². The number of nitrogen functional groups attached to an aromatic ring is 1. The van der Waals surface area contributed by atoms with Crippen molar-refractivity contribution in [2.45, 2.75) is 6.54 Å². The van der Waals surface area contributed by atoms with Crippen LogP contribution in [0.3, 0.4) is 0 Å². The van der Waals surface area contributed by atoms with Crippen molar-refractivity contribution in [3.63, 3.8) is 0 Å². The Bertz CT molecular complexity index is 485. The summed E-state index contributed by atoms with van der Waals surface area (Å²) >= 11 is 0. The standard InChI is InChI=1S/C12H12FN3/c13-11-3-1-2-4-12(11)16-7-9-5-10(14)8-15-6-9/h1-6,8,16H,7,14H2. The SMILES string of the molecule is Nc1cncc(CNc2ccccc2F)c1. The lowest BCUT2D eigenvalue weighted by atomic mass is 10.2. The minimum Gasteiger partial charge on any atom is -0.397 e. The summed E-state index contributed by atoms with van der Waals surface area (Å²) in [7, 11) is 0. The number of pyridine rings is 1. The number of nitrogens with two attached hydrogens (primary N) is 1. The fourth-order valence-electron chi connectivity index (χ4n) is 1.41. The van der Waals surface area contributed by atoms with Gasteiger partial charge >= 0.3 is 0 Å². The van der Waals surface area contributed by atoms with Crippen LogP contribution < -0.4 is 11.1 Å². The van der Waals surface area contributed by atoms with E-state index in [9.17, 15) is 4.39 Å². The van der Waals surface area contributed by atoms with Crippen LogP contribution in [-0.4, -0.2) is 4.98 Å². The Kier molecular flexibility index (Phi) is 3.00. The molecule has 82 valence electrons. The summed E-state index contributed by atoms with van der Waals surface area (Å²) < 4.78 is 13.3. The summed E-state index contributed by atoms with van der Waals surface area (Å²) in [5.41, 5.74) is 7.59. The van der Waals surface area contributed by atoms with Gasteiger partial charge in [0, 0.05) is 18.9 Å². The van der Waals surface area contributed by atoms with Crippen molar-refractivity contribution in [3.8, 4) is 0 Å². The van der Waals surface area contributed by atoms with Gasteiger partial charge in [-0.05, 0) is 23.8 Å². The van der Waals surface area contributed by atoms with Gasteiger partial charge in [0.15, 0.2) is 0 Å². The Morgan fingerprint density at radius 1 is 1.25 bits per heavy atom. The molecule has 1 aromatic carbocycles. The van der Waals surface area contributed by atoms with E-state index in [0.717, 1.165) is 5.56 Å². The van der Waals surface area contributed by atoms with Crippen molar-refractivity contribution >= 4 is 11.4 Å². The number of aromatic nitrogens is 1. The number of rotatable bonds is 3. The molecule has 0 amide bonds. The maximum Gasteiger partial charge on any atom is 0.146 e. The van der Waals surface area contributed by atoms with Crippen LogP contribution in [0.1, 0.15) is 5.56 Å². The molecule has 4 heteroatoms. The molecule has 2 rings (SSSR count). The van der Waals surface area contributed by atoms with Gasteiger partial charge < -0.3 is 11.1 Å². The van der Waals surface area contributed by atoms with E-state index in [1.807, 2.05) is 0 Å². The number of halogens is 1. The lowest BCUT2D eigenvalue weighted by Gasteiger charge is -2.07. The Balaban J connectivity index is 2.05. The molecule has 0 aliphatic heterocycles. The third kappa shape index (κ3) is 2.48. The van der Waals surface area contributed by atoms with Gasteiger partial charge in [0.05, 0.1) is 11.4 Å². The predicted octanol–water partition coefficient (Wildman–Crippen LogP) is 2.42.